The molecular weight excluding hydrogens is 407 g/mol. The second-order valence-electron chi connectivity index (χ2n) is 7.57. The highest BCUT2D eigenvalue weighted by Gasteiger charge is 2.31. The van der Waals surface area contributed by atoms with Crippen molar-refractivity contribution in [2.75, 3.05) is 11.5 Å². The third kappa shape index (κ3) is 3.48. The van der Waals surface area contributed by atoms with Gasteiger partial charge in [0.1, 0.15) is 34.7 Å². The average Bonchev–Trinajstić information content (AvgIpc) is 3.09. The van der Waals surface area contributed by atoms with Crippen LogP contribution in [0.25, 0.3) is 16.9 Å². The Morgan fingerprint density at radius 2 is 1.79 bits per heavy atom. The monoisotopic (exact) mass is 425 g/mol. The van der Waals surface area contributed by atoms with Crippen molar-refractivity contribution in [2.24, 2.45) is 0 Å². The van der Waals surface area contributed by atoms with Crippen LogP contribution in [0.3, 0.4) is 0 Å². The van der Waals surface area contributed by atoms with E-state index in [0.717, 1.165) is 0 Å². The van der Waals surface area contributed by atoms with Gasteiger partial charge >= 0.3 is 0 Å². The van der Waals surface area contributed by atoms with Crippen molar-refractivity contribution < 1.29 is 13.2 Å². The predicted molar refractivity (Wildman–Crippen MR) is 105 cm³/mol. The van der Waals surface area contributed by atoms with Gasteiger partial charge in [0.2, 0.25) is 0 Å². The molecule has 5 nitrogen and oxygen atoms in total. The first kappa shape index (κ1) is 19.2. The molecule has 0 bridgehead atoms. The second kappa shape index (κ2) is 7.36. The minimum absolute atomic E-state index is 0.0167. The van der Waals surface area contributed by atoms with Crippen LogP contribution < -0.4 is 5.32 Å². The number of hydrogen-bond donors (Lipinski definition) is 1. The zero-order chi connectivity index (χ0) is 19.9. The number of rotatable bonds is 4. The zero-order valence-electron chi connectivity index (χ0n) is 15.3. The standard InChI is InChI=1S/C18H19ClF3N5Si/c1-28(5-3-2-4-6-28)10-24-17-15(14-12(21)7-11(20)8-13(14)22)16(19)26-18-23-9-25-27(17)18/h7-9,24H,2-6,10H2,1H3. The first-order valence-corrected chi connectivity index (χ1v) is 12.7. The smallest absolute Gasteiger partial charge is 0.255 e. The van der Waals surface area contributed by atoms with E-state index in [1.54, 1.807) is 0 Å². The van der Waals surface area contributed by atoms with Gasteiger partial charge in [-0.05, 0) is 0 Å². The molecule has 1 fully saturated rings. The Kier molecular flexibility index (Phi) is 5.05. The Morgan fingerprint density at radius 1 is 1.11 bits per heavy atom. The van der Waals surface area contributed by atoms with E-state index in [2.05, 4.69) is 26.9 Å². The number of halogens is 4. The van der Waals surface area contributed by atoms with Gasteiger partial charge < -0.3 is 5.32 Å². The molecule has 1 aliphatic rings. The van der Waals surface area contributed by atoms with Crippen LogP contribution in [0.1, 0.15) is 19.3 Å². The maximum absolute atomic E-state index is 14.5. The summed E-state index contributed by atoms with van der Waals surface area (Å²) in [6, 6.07) is 3.63. The molecule has 1 N–H and O–H groups in total. The van der Waals surface area contributed by atoms with Crippen LogP contribution in [-0.2, 0) is 0 Å². The minimum Gasteiger partial charge on any atom is -0.372 e. The Bertz CT molecular complexity index is 1010. The molecule has 10 heteroatoms. The number of fused-ring (bicyclic) bond motifs is 1. The van der Waals surface area contributed by atoms with Gasteiger partial charge in [-0.3, -0.25) is 0 Å². The summed E-state index contributed by atoms with van der Waals surface area (Å²) in [5, 5.41) is 7.34. The number of benzene rings is 1. The molecule has 3 heterocycles. The summed E-state index contributed by atoms with van der Waals surface area (Å²) in [6.45, 7) is 2.32. The van der Waals surface area contributed by atoms with Crippen molar-refractivity contribution in [1.82, 2.24) is 19.6 Å². The van der Waals surface area contributed by atoms with Crippen LogP contribution in [0.4, 0.5) is 19.0 Å². The molecule has 28 heavy (non-hydrogen) atoms. The quantitative estimate of drug-likeness (QED) is 0.468. The third-order valence-electron chi connectivity index (χ3n) is 5.38. The molecule has 0 saturated carbocycles. The van der Waals surface area contributed by atoms with Gasteiger partial charge in [0.25, 0.3) is 5.78 Å². The predicted octanol–water partition coefficient (Wildman–Crippen LogP) is 5.08. The van der Waals surface area contributed by atoms with E-state index >= 15 is 0 Å². The summed E-state index contributed by atoms with van der Waals surface area (Å²) in [7, 11) is -1.55. The summed E-state index contributed by atoms with van der Waals surface area (Å²) in [6.07, 6.45) is 5.65. The molecule has 1 saturated heterocycles. The number of hydrogen-bond acceptors (Lipinski definition) is 4. The molecule has 4 rings (SSSR count). The number of nitrogens with zero attached hydrogens (tertiary/aromatic N) is 4. The Labute approximate surface area is 166 Å². The largest absolute Gasteiger partial charge is 0.372 e. The number of aromatic nitrogens is 4. The summed E-state index contributed by atoms with van der Waals surface area (Å²) < 4.78 is 43.8. The fourth-order valence-corrected chi connectivity index (χ4v) is 7.53. The lowest BCUT2D eigenvalue weighted by molar-refractivity contribution is 0.548. The van der Waals surface area contributed by atoms with E-state index in [-0.39, 0.29) is 16.5 Å². The maximum atomic E-state index is 14.5. The van der Waals surface area contributed by atoms with Crippen molar-refractivity contribution in [2.45, 2.75) is 37.9 Å². The lowest BCUT2D eigenvalue weighted by atomic mass is 10.1. The van der Waals surface area contributed by atoms with E-state index in [9.17, 15) is 13.2 Å². The molecule has 0 radical (unpaired) electrons. The van der Waals surface area contributed by atoms with Gasteiger partial charge in [0.05, 0.1) is 19.2 Å². The van der Waals surface area contributed by atoms with E-state index in [0.29, 0.717) is 24.1 Å². The van der Waals surface area contributed by atoms with Crippen molar-refractivity contribution in [3.63, 3.8) is 0 Å². The second-order valence-corrected chi connectivity index (χ2v) is 12.9. The molecule has 0 amide bonds. The van der Waals surface area contributed by atoms with Crippen LogP contribution in [0.5, 0.6) is 0 Å². The van der Waals surface area contributed by atoms with Gasteiger partial charge in [-0.25, -0.2) is 13.2 Å². The van der Waals surface area contributed by atoms with Gasteiger partial charge in [0, 0.05) is 18.3 Å². The van der Waals surface area contributed by atoms with Gasteiger partial charge in [-0.2, -0.15) is 19.6 Å². The van der Waals surface area contributed by atoms with E-state index in [1.165, 1.54) is 42.2 Å². The summed E-state index contributed by atoms with van der Waals surface area (Å²) in [4.78, 5) is 8.11. The normalized spacial score (nSPS) is 16.5. The molecule has 0 atom stereocenters. The van der Waals surface area contributed by atoms with Gasteiger partial charge in [-0.1, -0.05) is 49.5 Å². The molecule has 0 aliphatic carbocycles. The molecule has 1 aliphatic heterocycles. The Morgan fingerprint density at radius 3 is 2.46 bits per heavy atom. The lowest BCUT2D eigenvalue weighted by Gasteiger charge is -2.32. The van der Waals surface area contributed by atoms with Gasteiger partial charge in [-0.15, -0.1) is 0 Å². The Hall–Kier alpha value is -2.13. The maximum Gasteiger partial charge on any atom is 0.255 e. The molecule has 148 valence electrons. The molecule has 0 unspecified atom stereocenters. The molecular formula is C18H19ClF3N5Si. The topological polar surface area (TPSA) is 55.1 Å². The van der Waals surface area contributed by atoms with Crippen LogP contribution in [-0.4, -0.2) is 33.8 Å². The van der Waals surface area contributed by atoms with Crippen molar-refractivity contribution in [1.29, 1.82) is 0 Å². The highest BCUT2D eigenvalue weighted by atomic mass is 35.5. The highest BCUT2D eigenvalue weighted by Crippen LogP contribution is 2.38. The third-order valence-corrected chi connectivity index (χ3v) is 9.81. The molecule has 0 spiro atoms. The molecule has 2 aromatic heterocycles. The Balaban J connectivity index is 1.85. The SMILES string of the molecule is C[Si]1(CNc2c(-c3c(F)cc(F)cc3F)c(Cl)nc3ncnn23)CCCCC1. The van der Waals surface area contributed by atoms with Crippen LogP contribution >= 0.6 is 11.6 Å². The number of anilines is 1. The van der Waals surface area contributed by atoms with Crippen molar-refractivity contribution in [3.05, 3.63) is 41.1 Å². The molecule has 1 aromatic carbocycles. The molecule has 3 aromatic rings. The van der Waals surface area contributed by atoms with E-state index in [4.69, 9.17) is 11.6 Å². The van der Waals surface area contributed by atoms with Crippen LogP contribution in [0.2, 0.25) is 23.8 Å². The minimum atomic E-state index is -1.55. The number of nitrogens with one attached hydrogen (secondary N) is 1. The van der Waals surface area contributed by atoms with Crippen molar-refractivity contribution >= 4 is 31.3 Å². The fourth-order valence-electron chi connectivity index (χ4n) is 3.86. The first-order valence-electron chi connectivity index (χ1n) is 9.16. The van der Waals surface area contributed by atoms with Crippen LogP contribution in [0, 0.1) is 17.5 Å². The summed E-state index contributed by atoms with van der Waals surface area (Å²) in [5.41, 5.74) is -0.419. The summed E-state index contributed by atoms with van der Waals surface area (Å²) in [5.74, 6) is -2.57. The average molecular weight is 426 g/mol. The lowest BCUT2D eigenvalue weighted by Crippen LogP contribution is -2.41. The summed E-state index contributed by atoms with van der Waals surface area (Å²) >= 11 is 6.29. The first-order chi connectivity index (χ1) is 13.4. The van der Waals surface area contributed by atoms with E-state index in [1.807, 2.05) is 0 Å². The van der Waals surface area contributed by atoms with E-state index < -0.39 is 31.1 Å². The van der Waals surface area contributed by atoms with Crippen LogP contribution in [0.15, 0.2) is 18.5 Å². The highest BCUT2D eigenvalue weighted by molar-refractivity contribution is 6.79. The fraction of sp³-hybridized carbons (Fsp3) is 0.389. The zero-order valence-corrected chi connectivity index (χ0v) is 17.0. The van der Waals surface area contributed by atoms with Crippen molar-refractivity contribution in [3.8, 4) is 11.1 Å². The van der Waals surface area contributed by atoms with Gasteiger partial charge in [0.15, 0.2) is 0 Å².